The van der Waals surface area contributed by atoms with Crippen LogP contribution in [0.25, 0.3) is 0 Å². The van der Waals surface area contributed by atoms with Crippen LogP contribution in [-0.4, -0.2) is 5.78 Å². The van der Waals surface area contributed by atoms with Gasteiger partial charge in [0.05, 0.1) is 0 Å². The van der Waals surface area contributed by atoms with Crippen molar-refractivity contribution in [1.29, 1.82) is 0 Å². The number of fused-ring (bicyclic) bond motifs is 2. The van der Waals surface area contributed by atoms with Crippen LogP contribution in [0.15, 0.2) is 0 Å². The maximum atomic E-state index is 12.0. The molecule has 0 amide bonds. The van der Waals surface area contributed by atoms with E-state index in [0.29, 0.717) is 17.6 Å². The molecule has 1 heteroatoms. The van der Waals surface area contributed by atoms with E-state index in [1.807, 2.05) is 0 Å². The van der Waals surface area contributed by atoms with Gasteiger partial charge in [-0.1, -0.05) is 32.1 Å². The van der Waals surface area contributed by atoms with Gasteiger partial charge in [0.2, 0.25) is 0 Å². The fourth-order valence-corrected chi connectivity index (χ4v) is 3.45. The third-order valence-electron chi connectivity index (χ3n) is 4.73. The van der Waals surface area contributed by atoms with Gasteiger partial charge < -0.3 is 0 Å². The number of Topliss-reactive ketones (excluding diaryl/α,β-unsaturated/α-hetero) is 1. The quantitative estimate of drug-likeness (QED) is 0.592. The predicted molar refractivity (Wildman–Crippen MR) is 60.5 cm³/mol. The summed E-state index contributed by atoms with van der Waals surface area (Å²) < 4.78 is 0. The smallest absolute Gasteiger partial charge is 0.139 e. The van der Waals surface area contributed by atoms with Crippen LogP contribution >= 0.6 is 0 Å². The first-order valence-electron chi connectivity index (χ1n) is 6.90. The summed E-state index contributed by atoms with van der Waals surface area (Å²) in [5, 5.41) is 0. The summed E-state index contributed by atoms with van der Waals surface area (Å²) in [7, 11) is 0. The van der Waals surface area contributed by atoms with Gasteiger partial charge in [0.25, 0.3) is 0 Å². The van der Waals surface area contributed by atoms with Crippen molar-refractivity contribution in [1.82, 2.24) is 0 Å². The van der Waals surface area contributed by atoms with E-state index < -0.39 is 0 Å². The summed E-state index contributed by atoms with van der Waals surface area (Å²) in [6.07, 6.45) is 12.2. The number of rotatable bonds is 0. The SMILES string of the molecule is O=C1[C@H]2C[C@@H]2CCCCCCC[C@H]2C[C@H]12. The third kappa shape index (κ3) is 2.11. The van der Waals surface area contributed by atoms with Gasteiger partial charge in [0.1, 0.15) is 5.78 Å². The summed E-state index contributed by atoms with van der Waals surface area (Å²) in [5.74, 6) is 3.29. The molecule has 3 aliphatic carbocycles. The summed E-state index contributed by atoms with van der Waals surface area (Å²) in [4.78, 5) is 12.0. The van der Waals surface area contributed by atoms with Crippen molar-refractivity contribution < 1.29 is 4.79 Å². The molecular formula is C14H22O. The van der Waals surface area contributed by atoms with Crippen molar-refractivity contribution in [2.75, 3.05) is 0 Å². The predicted octanol–water partition coefficient (Wildman–Crippen LogP) is 3.57. The van der Waals surface area contributed by atoms with E-state index in [0.717, 1.165) is 11.8 Å². The molecule has 0 spiro atoms. The second-order valence-electron chi connectivity index (χ2n) is 5.95. The normalized spacial score (nSPS) is 45.7. The molecule has 1 nitrogen and oxygen atoms in total. The number of hydrogen-bond acceptors (Lipinski definition) is 1. The number of hydrogen-bond donors (Lipinski definition) is 0. The van der Waals surface area contributed by atoms with E-state index in [9.17, 15) is 4.79 Å². The molecule has 0 heterocycles. The topological polar surface area (TPSA) is 17.1 Å². The van der Waals surface area contributed by atoms with Crippen LogP contribution in [0.4, 0.5) is 0 Å². The Balaban J connectivity index is 1.58. The van der Waals surface area contributed by atoms with Gasteiger partial charge in [0, 0.05) is 11.8 Å². The molecule has 3 fully saturated rings. The summed E-state index contributed by atoms with van der Waals surface area (Å²) in [5.41, 5.74) is 0. The van der Waals surface area contributed by atoms with Crippen molar-refractivity contribution in [2.45, 2.75) is 57.8 Å². The first-order valence-corrected chi connectivity index (χ1v) is 6.90. The fourth-order valence-electron chi connectivity index (χ4n) is 3.45. The minimum Gasteiger partial charge on any atom is -0.299 e. The van der Waals surface area contributed by atoms with Crippen LogP contribution in [-0.2, 0) is 4.79 Å². The Labute approximate surface area is 92.6 Å². The lowest BCUT2D eigenvalue weighted by Crippen LogP contribution is -2.07. The highest BCUT2D eigenvalue weighted by atomic mass is 16.1. The van der Waals surface area contributed by atoms with Crippen molar-refractivity contribution in [3.8, 4) is 0 Å². The lowest BCUT2D eigenvalue weighted by molar-refractivity contribution is -0.122. The minimum atomic E-state index is 0.513. The molecular weight excluding hydrogens is 184 g/mol. The van der Waals surface area contributed by atoms with Gasteiger partial charge in [-0.3, -0.25) is 4.79 Å². The van der Waals surface area contributed by atoms with E-state index in [-0.39, 0.29) is 0 Å². The van der Waals surface area contributed by atoms with Crippen LogP contribution in [0.3, 0.4) is 0 Å². The van der Waals surface area contributed by atoms with Crippen LogP contribution < -0.4 is 0 Å². The Morgan fingerprint density at radius 2 is 1.20 bits per heavy atom. The number of ketones is 1. The average molecular weight is 206 g/mol. The monoisotopic (exact) mass is 206 g/mol. The number of carbonyl (C=O) groups is 1. The zero-order valence-corrected chi connectivity index (χ0v) is 9.58. The van der Waals surface area contributed by atoms with Gasteiger partial charge in [-0.25, -0.2) is 0 Å². The van der Waals surface area contributed by atoms with Crippen LogP contribution in [0, 0.1) is 23.7 Å². The molecule has 3 saturated carbocycles. The Morgan fingerprint density at radius 3 is 1.73 bits per heavy atom. The molecule has 0 unspecified atom stereocenters. The van der Waals surface area contributed by atoms with Gasteiger partial charge in [0.15, 0.2) is 0 Å². The molecule has 84 valence electrons. The van der Waals surface area contributed by atoms with Crippen molar-refractivity contribution in [3.05, 3.63) is 0 Å². The second kappa shape index (κ2) is 3.92. The molecule has 4 atom stereocenters. The highest BCUT2D eigenvalue weighted by Crippen LogP contribution is 2.52. The minimum absolute atomic E-state index is 0.513. The second-order valence-corrected chi connectivity index (χ2v) is 5.95. The summed E-state index contributed by atoms with van der Waals surface area (Å²) >= 11 is 0. The van der Waals surface area contributed by atoms with Crippen molar-refractivity contribution >= 4 is 5.78 Å². The number of carbonyl (C=O) groups excluding carboxylic acids is 1. The van der Waals surface area contributed by atoms with Crippen LogP contribution in [0.2, 0.25) is 0 Å². The van der Waals surface area contributed by atoms with E-state index in [1.165, 1.54) is 57.8 Å². The summed E-state index contributed by atoms with van der Waals surface area (Å²) in [6, 6.07) is 0. The first-order chi connectivity index (χ1) is 7.36. The summed E-state index contributed by atoms with van der Waals surface area (Å²) in [6.45, 7) is 0. The molecule has 0 aliphatic heterocycles. The molecule has 0 bridgehead atoms. The zero-order valence-electron chi connectivity index (χ0n) is 9.58. The molecule has 0 aromatic heterocycles. The van der Waals surface area contributed by atoms with E-state index >= 15 is 0 Å². The lowest BCUT2D eigenvalue weighted by Gasteiger charge is -2.04. The highest BCUT2D eigenvalue weighted by molar-refractivity contribution is 5.88. The molecule has 0 aromatic carbocycles. The Morgan fingerprint density at radius 1 is 0.733 bits per heavy atom. The molecule has 3 aliphatic rings. The van der Waals surface area contributed by atoms with Crippen molar-refractivity contribution in [3.63, 3.8) is 0 Å². The van der Waals surface area contributed by atoms with Crippen LogP contribution in [0.5, 0.6) is 0 Å². The molecule has 0 saturated heterocycles. The maximum Gasteiger partial charge on any atom is 0.139 e. The fraction of sp³-hybridized carbons (Fsp3) is 0.929. The standard InChI is InChI=1S/C14H22O/c15-14-12-8-10(12)6-4-2-1-3-5-7-11-9-13(11)14/h10-13H,1-9H2/t10-,11-,12-,13-/m0/s1. The molecule has 0 radical (unpaired) electrons. The van der Waals surface area contributed by atoms with E-state index in [2.05, 4.69) is 0 Å². The van der Waals surface area contributed by atoms with E-state index in [1.54, 1.807) is 0 Å². The van der Waals surface area contributed by atoms with Crippen LogP contribution in [0.1, 0.15) is 57.8 Å². The molecule has 3 rings (SSSR count). The maximum absolute atomic E-state index is 12.0. The van der Waals surface area contributed by atoms with Gasteiger partial charge >= 0.3 is 0 Å². The first kappa shape index (κ1) is 9.86. The van der Waals surface area contributed by atoms with E-state index in [4.69, 9.17) is 0 Å². The third-order valence-corrected chi connectivity index (χ3v) is 4.73. The Bertz CT molecular complexity index is 234. The van der Waals surface area contributed by atoms with Gasteiger partial charge in [-0.15, -0.1) is 0 Å². The molecule has 0 aromatic rings. The Hall–Kier alpha value is -0.330. The lowest BCUT2D eigenvalue weighted by atomic mass is 10.0. The Kier molecular flexibility index (Phi) is 2.58. The van der Waals surface area contributed by atoms with Crippen molar-refractivity contribution in [2.24, 2.45) is 23.7 Å². The molecule has 15 heavy (non-hydrogen) atoms. The largest absolute Gasteiger partial charge is 0.299 e. The molecule has 0 N–H and O–H groups in total. The van der Waals surface area contributed by atoms with Gasteiger partial charge in [-0.2, -0.15) is 0 Å². The average Bonchev–Trinajstić information content (AvgIpc) is 3.09. The zero-order chi connectivity index (χ0) is 10.3. The highest BCUT2D eigenvalue weighted by Gasteiger charge is 2.51. The van der Waals surface area contributed by atoms with Gasteiger partial charge in [-0.05, 0) is 37.5 Å².